The van der Waals surface area contributed by atoms with Gasteiger partial charge in [0.05, 0.1) is 10.6 Å². The molecule has 2 rings (SSSR count). The predicted molar refractivity (Wildman–Crippen MR) is 74.8 cm³/mol. The van der Waals surface area contributed by atoms with Crippen LogP contribution in [0.15, 0.2) is 36.4 Å². The van der Waals surface area contributed by atoms with Gasteiger partial charge in [-0.15, -0.1) is 0 Å². The molecule has 0 heterocycles. The molecule has 0 aromatic heterocycles. The Kier molecular flexibility index (Phi) is 4.57. The molecule has 102 valence electrons. The SMILES string of the molecule is N#Cc1cccc(COc2c(Cl)cccc2CN)c1F. The lowest BCUT2D eigenvalue weighted by atomic mass is 10.1. The van der Waals surface area contributed by atoms with E-state index in [1.807, 2.05) is 0 Å². The van der Waals surface area contributed by atoms with Crippen LogP contribution in [0.2, 0.25) is 5.02 Å². The van der Waals surface area contributed by atoms with Crippen molar-refractivity contribution >= 4 is 11.6 Å². The molecule has 0 saturated carbocycles. The molecule has 2 aromatic rings. The Bertz CT molecular complexity index is 667. The zero-order valence-electron chi connectivity index (χ0n) is 10.6. The van der Waals surface area contributed by atoms with Gasteiger partial charge in [-0.3, -0.25) is 0 Å². The number of ether oxygens (including phenoxy) is 1. The summed E-state index contributed by atoms with van der Waals surface area (Å²) in [5.41, 5.74) is 6.64. The summed E-state index contributed by atoms with van der Waals surface area (Å²) in [6.07, 6.45) is 0. The Labute approximate surface area is 121 Å². The second-order valence-electron chi connectivity index (χ2n) is 4.11. The fourth-order valence-corrected chi connectivity index (χ4v) is 2.05. The summed E-state index contributed by atoms with van der Waals surface area (Å²) in [6, 6.07) is 11.6. The van der Waals surface area contributed by atoms with Gasteiger partial charge in [-0.2, -0.15) is 5.26 Å². The van der Waals surface area contributed by atoms with E-state index in [9.17, 15) is 4.39 Å². The zero-order chi connectivity index (χ0) is 14.5. The molecule has 2 aromatic carbocycles. The van der Waals surface area contributed by atoms with E-state index in [1.165, 1.54) is 6.07 Å². The standard InChI is InChI=1S/C15H12ClFN2O/c16-13-6-2-4-11(8-19)15(13)20-9-12-5-1-3-10(7-18)14(12)17/h1-6H,8-9,19H2. The molecule has 0 radical (unpaired) electrons. The highest BCUT2D eigenvalue weighted by Gasteiger charge is 2.11. The fourth-order valence-electron chi connectivity index (χ4n) is 1.80. The van der Waals surface area contributed by atoms with Crippen LogP contribution in [0, 0.1) is 17.1 Å². The molecule has 0 bridgehead atoms. The van der Waals surface area contributed by atoms with Crippen LogP contribution in [-0.2, 0) is 13.2 Å². The normalized spacial score (nSPS) is 10.1. The summed E-state index contributed by atoms with van der Waals surface area (Å²) in [5, 5.41) is 9.21. The molecule has 3 nitrogen and oxygen atoms in total. The lowest BCUT2D eigenvalue weighted by Crippen LogP contribution is -2.05. The van der Waals surface area contributed by atoms with E-state index in [4.69, 9.17) is 27.3 Å². The number of para-hydroxylation sites is 1. The number of nitrogens with two attached hydrogens (primary N) is 1. The van der Waals surface area contributed by atoms with Crippen LogP contribution < -0.4 is 10.5 Å². The second-order valence-corrected chi connectivity index (χ2v) is 4.52. The highest BCUT2D eigenvalue weighted by Crippen LogP contribution is 2.29. The maximum Gasteiger partial charge on any atom is 0.147 e. The van der Waals surface area contributed by atoms with Crippen LogP contribution in [0.5, 0.6) is 5.75 Å². The molecular formula is C15H12ClFN2O. The number of halogens is 2. The Morgan fingerprint density at radius 1 is 1.20 bits per heavy atom. The van der Waals surface area contributed by atoms with Gasteiger partial charge in [-0.05, 0) is 12.1 Å². The quantitative estimate of drug-likeness (QED) is 0.939. The Balaban J connectivity index is 2.24. The molecule has 20 heavy (non-hydrogen) atoms. The minimum absolute atomic E-state index is 0.00990. The highest BCUT2D eigenvalue weighted by atomic mass is 35.5. The van der Waals surface area contributed by atoms with Gasteiger partial charge in [-0.1, -0.05) is 35.9 Å². The van der Waals surface area contributed by atoms with Gasteiger partial charge >= 0.3 is 0 Å². The van der Waals surface area contributed by atoms with Gasteiger partial charge < -0.3 is 10.5 Å². The van der Waals surface area contributed by atoms with E-state index in [2.05, 4.69) is 0 Å². The smallest absolute Gasteiger partial charge is 0.147 e. The number of hydrogen-bond donors (Lipinski definition) is 1. The molecule has 0 spiro atoms. The van der Waals surface area contributed by atoms with Crippen molar-refractivity contribution in [3.05, 3.63) is 63.9 Å². The Morgan fingerprint density at radius 3 is 2.60 bits per heavy atom. The highest BCUT2D eigenvalue weighted by molar-refractivity contribution is 6.32. The van der Waals surface area contributed by atoms with E-state index < -0.39 is 5.82 Å². The third kappa shape index (κ3) is 2.90. The molecule has 0 aliphatic heterocycles. The van der Waals surface area contributed by atoms with Crippen molar-refractivity contribution in [1.29, 1.82) is 5.26 Å². The van der Waals surface area contributed by atoms with Crippen LogP contribution in [0.1, 0.15) is 16.7 Å². The van der Waals surface area contributed by atoms with Crippen molar-refractivity contribution in [2.75, 3.05) is 0 Å². The van der Waals surface area contributed by atoms with Crippen molar-refractivity contribution in [2.24, 2.45) is 5.73 Å². The minimum Gasteiger partial charge on any atom is -0.487 e. The van der Waals surface area contributed by atoms with Gasteiger partial charge in [0.25, 0.3) is 0 Å². The van der Waals surface area contributed by atoms with E-state index in [-0.39, 0.29) is 18.7 Å². The van der Waals surface area contributed by atoms with Gasteiger partial charge in [0.2, 0.25) is 0 Å². The first-order valence-electron chi connectivity index (χ1n) is 5.95. The first-order chi connectivity index (χ1) is 9.67. The van der Waals surface area contributed by atoms with E-state index in [0.717, 1.165) is 5.56 Å². The molecule has 0 atom stereocenters. The monoisotopic (exact) mass is 290 g/mol. The summed E-state index contributed by atoms with van der Waals surface area (Å²) < 4.78 is 19.5. The van der Waals surface area contributed by atoms with E-state index >= 15 is 0 Å². The molecule has 0 unspecified atom stereocenters. The van der Waals surface area contributed by atoms with Crippen molar-refractivity contribution in [3.8, 4) is 11.8 Å². The van der Waals surface area contributed by atoms with Crippen LogP contribution in [0.4, 0.5) is 4.39 Å². The molecule has 0 fully saturated rings. The largest absolute Gasteiger partial charge is 0.487 e. The van der Waals surface area contributed by atoms with Crippen molar-refractivity contribution in [2.45, 2.75) is 13.2 Å². The first kappa shape index (κ1) is 14.3. The lowest BCUT2D eigenvalue weighted by molar-refractivity contribution is 0.297. The van der Waals surface area contributed by atoms with Gasteiger partial charge in [0, 0.05) is 17.7 Å². The van der Waals surface area contributed by atoms with Crippen molar-refractivity contribution in [3.63, 3.8) is 0 Å². The number of benzene rings is 2. The Hall–Kier alpha value is -2.09. The molecule has 0 aliphatic carbocycles. The zero-order valence-corrected chi connectivity index (χ0v) is 11.3. The summed E-state index contributed by atoms with van der Waals surface area (Å²) in [5.74, 6) is -0.130. The fraction of sp³-hybridized carbons (Fsp3) is 0.133. The van der Waals surface area contributed by atoms with Crippen LogP contribution >= 0.6 is 11.6 Å². The first-order valence-corrected chi connectivity index (χ1v) is 6.33. The number of nitriles is 1. The van der Waals surface area contributed by atoms with Crippen LogP contribution in [0.25, 0.3) is 0 Å². The van der Waals surface area contributed by atoms with E-state index in [0.29, 0.717) is 16.3 Å². The second kappa shape index (κ2) is 6.38. The molecule has 5 heteroatoms. The molecule has 0 amide bonds. The topological polar surface area (TPSA) is 59.0 Å². The summed E-state index contributed by atoms with van der Waals surface area (Å²) >= 11 is 6.05. The average Bonchev–Trinajstić information content (AvgIpc) is 2.47. The Morgan fingerprint density at radius 2 is 1.90 bits per heavy atom. The van der Waals surface area contributed by atoms with E-state index in [1.54, 1.807) is 36.4 Å². The van der Waals surface area contributed by atoms with Gasteiger partial charge in [0.15, 0.2) is 0 Å². The molecule has 0 saturated heterocycles. The number of rotatable bonds is 4. The third-order valence-electron chi connectivity index (χ3n) is 2.84. The predicted octanol–water partition coefficient (Wildman–Crippen LogP) is 3.39. The minimum atomic E-state index is -0.573. The number of nitrogens with zero attached hydrogens (tertiary/aromatic N) is 1. The van der Waals surface area contributed by atoms with Crippen molar-refractivity contribution in [1.82, 2.24) is 0 Å². The van der Waals surface area contributed by atoms with Gasteiger partial charge in [-0.25, -0.2) is 4.39 Å². The average molecular weight is 291 g/mol. The maximum atomic E-state index is 13.9. The summed E-state index contributed by atoms with van der Waals surface area (Å²) in [6.45, 7) is 0.259. The van der Waals surface area contributed by atoms with Crippen LogP contribution in [0.3, 0.4) is 0 Å². The number of hydrogen-bond acceptors (Lipinski definition) is 3. The molecule has 0 aliphatic rings. The van der Waals surface area contributed by atoms with Gasteiger partial charge in [0.1, 0.15) is 24.2 Å². The van der Waals surface area contributed by atoms with Crippen LogP contribution in [-0.4, -0.2) is 0 Å². The maximum absolute atomic E-state index is 13.9. The molecular weight excluding hydrogens is 279 g/mol. The van der Waals surface area contributed by atoms with Crippen molar-refractivity contribution < 1.29 is 9.13 Å². The summed E-state index contributed by atoms with van der Waals surface area (Å²) in [4.78, 5) is 0. The molecule has 2 N–H and O–H groups in total. The summed E-state index contributed by atoms with van der Waals surface area (Å²) in [7, 11) is 0. The third-order valence-corrected chi connectivity index (χ3v) is 3.14. The lowest BCUT2D eigenvalue weighted by Gasteiger charge is -2.12.